The van der Waals surface area contributed by atoms with Crippen molar-refractivity contribution < 1.29 is 13.2 Å². The van der Waals surface area contributed by atoms with Gasteiger partial charge in [0.05, 0.1) is 6.04 Å². The van der Waals surface area contributed by atoms with E-state index in [0.29, 0.717) is 10.6 Å². The van der Waals surface area contributed by atoms with E-state index in [0.717, 1.165) is 0 Å². The molecule has 1 rings (SSSR count). The summed E-state index contributed by atoms with van der Waals surface area (Å²) in [4.78, 5) is 13.2. The second kappa shape index (κ2) is 7.44. The summed E-state index contributed by atoms with van der Waals surface area (Å²) in [7, 11) is -0.753. The van der Waals surface area contributed by atoms with Crippen molar-refractivity contribution in [3.8, 4) is 0 Å². The van der Waals surface area contributed by atoms with Crippen LogP contribution >= 0.6 is 11.6 Å². The van der Waals surface area contributed by atoms with Gasteiger partial charge < -0.3 is 4.90 Å². The van der Waals surface area contributed by atoms with Crippen molar-refractivity contribution in [2.75, 3.05) is 14.1 Å². The van der Waals surface area contributed by atoms with Crippen LogP contribution in [0.25, 0.3) is 0 Å². The number of carbonyl (C=O) groups excluding carboxylic acids is 1. The van der Waals surface area contributed by atoms with Crippen molar-refractivity contribution in [1.82, 2.24) is 9.62 Å². The average Bonchev–Trinajstić information content (AvgIpc) is 2.43. The summed E-state index contributed by atoms with van der Waals surface area (Å²) >= 11 is 6.17. The zero-order valence-electron chi connectivity index (χ0n) is 13.5. The lowest BCUT2D eigenvalue weighted by Gasteiger charge is -2.26. The quantitative estimate of drug-likeness (QED) is 0.860. The fraction of sp³-hybridized carbons (Fsp3) is 0.533. The van der Waals surface area contributed by atoms with Crippen molar-refractivity contribution in [2.45, 2.75) is 32.1 Å². The summed E-state index contributed by atoms with van der Waals surface area (Å²) in [6, 6.07) is 6.61. The van der Waals surface area contributed by atoms with Gasteiger partial charge in [-0.3, -0.25) is 4.79 Å². The van der Waals surface area contributed by atoms with Gasteiger partial charge >= 0.3 is 0 Å². The van der Waals surface area contributed by atoms with Crippen LogP contribution < -0.4 is 4.72 Å². The molecule has 2 atom stereocenters. The minimum Gasteiger partial charge on any atom is -0.348 e. The van der Waals surface area contributed by atoms with Crippen LogP contribution in [0.15, 0.2) is 24.3 Å². The van der Waals surface area contributed by atoms with Crippen LogP contribution in [0.4, 0.5) is 0 Å². The Morgan fingerprint density at radius 3 is 2.18 bits per heavy atom. The van der Waals surface area contributed by atoms with Gasteiger partial charge in [0, 0.05) is 19.1 Å². The molecule has 1 N–H and O–H groups in total. The first-order chi connectivity index (χ1) is 10.1. The standard InChI is InChI=1S/C15H23ClN2O3S/c1-10(2)14(12-8-6-7-9-13(12)16)17-22(20,21)11(3)15(19)18(4)5/h6-11,14,17H,1-5H3/t11-,14+/m0/s1. The van der Waals surface area contributed by atoms with Gasteiger partial charge in [-0.2, -0.15) is 0 Å². The highest BCUT2D eigenvalue weighted by Crippen LogP contribution is 2.29. The molecule has 0 unspecified atom stereocenters. The smallest absolute Gasteiger partial charge is 0.241 e. The summed E-state index contributed by atoms with van der Waals surface area (Å²) in [6.07, 6.45) is 0. The van der Waals surface area contributed by atoms with Crippen LogP contribution in [0, 0.1) is 5.92 Å². The SMILES string of the molecule is CC(C)[C@@H](NS(=O)(=O)[C@@H](C)C(=O)N(C)C)c1ccccc1Cl. The van der Waals surface area contributed by atoms with E-state index in [1.54, 1.807) is 24.3 Å². The number of hydrogen-bond acceptors (Lipinski definition) is 3. The van der Waals surface area contributed by atoms with Crippen LogP contribution in [0.2, 0.25) is 5.02 Å². The Morgan fingerprint density at radius 2 is 1.73 bits per heavy atom. The lowest BCUT2D eigenvalue weighted by molar-refractivity contribution is -0.127. The number of nitrogens with zero attached hydrogens (tertiary/aromatic N) is 1. The summed E-state index contributed by atoms with van der Waals surface area (Å²) in [5.74, 6) is -0.481. The molecule has 0 aliphatic heterocycles. The minimum atomic E-state index is -3.81. The summed E-state index contributed by atoms with van der Waals surface area (Å²) < 4.78 is 27.6. The number of benzene rings is 1. The minimum absolute atomic E-state index is 0.0173. The first-order valence-electron chi connectivity index (χ1n) is 7.04. The van der Waals surface area contributed by atoms with Gasteiger partial charge in [-0.05, 0) is 24.5 Å². The zero-order valence-corrected chi connectivity index (χ0v) is 15.1. The number of hydrogen-bond donors (Lipinski definition) is 1. The van der Waals surface area contributed by atoms with E-state index in [9.17, 15) is 13.2 Å². The monoisotopic (exact) mass is 346 g/mol. The maximum Gasteiger partial charge on any atom is 0.241 e. The zero-order chi connectivity index (χ0) is 17.1. The number of rotatable bonds is 6. The van der Waals surface area contributed by atoms with Gasteiger partial charge in [-0.15, -0.1) is 0 Å². The second-order valence-electron chi connectivity index (χ2n) is 5.78. The lowest BCUT2D eigenvalue weighted by Crippen LogP contribution is -2.45. The Balaban J connectivity index is 3.11. The van der Waals surface area contributed by atoms with E-state index in [-0.39, 0.29) is 5.92 Å². The third kappa shape index (κ3) is 4.44. The number of halogens is 1. The van der Waals surface area contributed by atoms with E-state index in [2.05, 4.69) is 4.72 Å². The van der Waals surface area contributed by atoms with Crippen molar-refractivity contribution in [1.29, 1.82) is 0 Å². The molecule has 0 bridgehead atoms. The molecular weight excluding hydrogens is 324 g/mol. The van der Waals surface area contributed by atoms with Gasteiger partial charge in [0.2, 0.25) is 15.9 Å². The average molecular weight is 347 g/mol. The van der Waals surface area contributed by atoms with Crippen molar-refractivity contribution in [3.05, 3.63) is 34.9 Å². The summed E-state index contributed by atoms with van der Waals surface area (Å²) in [5, 5.41) is -0.665. The molecular formula is C15H23ClN2O3S. The van der Waals surface area contributed by atoms with E-state index in [1.165, 1.54) is 25.9 Å². The van der Waals surface area contributed by atoms with Gasteiger partial charge in [0.1, 0.15) is 0 Å². The molecule has 0 fully saturated rings. The topological polar surface area (TPSA) is 66.5 Å². The molecule has 0 aliphatic carbocycles. The third-order valence-electron chi connectivity index (χ3n) is 3.45. The lowest BCUT2D eigenvalue weighted by atomic mass is 9.97. The fourth-order valence-electron chi connectivity index (χ4n) is 2.06. The Morgan fingerprint density at radius 1 is 1.18 bits per heavy atom. The highest BCUT2D eigenvalue weighted by atomic mass is 35.5. The first-order valence-corrected chi connectivity index (χ1v) is 8.97. The van der Waals surface area contributed by atoms with Crippen LogP contribution in [0.1, 0.15) is 32.4 Å². The van der Waals surface area contributed by atoms with Gasteiger partial charge in [0.15, 0.2) is 5.25 Å². The van der Waals surface area contributed by atoms with Crippen LogP contribution in [-0.4, -0.2) is 38.6 Å². The second-order valence-corrected chi connectivity index (χ2v) is 8.22. The van der Waals surface area contributed by atoms with Gasteiger partial charge in [-0.25, -0.2) is 13.1 Å². The van der Waals surface area contributed by atoms with Crippen LogP contribution in [-0.2, 0) is 14.8 Å². The molecule has 0 saturated heterocycles. The number of sulfonamides is 1. The number of nitrogens with one attached hydrogen (secondary N) is 1. The van der Waals surface area contributed by atoms with Crippen molar-refractivity contribution in [2.24, 2.45) is 5.92 Å². The van der Waals surface area contributed by atoms with Crippen LogP contribution in [0.3, 0.4) is 0 Å². The largest absolute Gasteiger partial charge is 0.348 e. The Bertz CT molecular complexity index is 629. The number of amides is 1. The molecule has 5 nitrogen and oxygen atoms in total. The Labute approximate surface area is 137 Å². The molecule has 1 aromatic rings. The van der Waals surface area contributed by atoms with E-state index >= 15 is 0 Å². The molecule has 7 heteroatoms. The molecule has 22 heavy (non-hydrogen) atoms. The predicted molar refractivity (Wildman–Crippen MR) is 89.2 cm³/mol. The summed E-state index contributed by atoms with van der Waals surface area (Å²) in [6.45, 7) is 5.18. The van der Waals surface area contributed by atoms with E-state index < -0.39 is 27.2 Å². The Hall–Kier alpha value is -1.11. The normalized spacial score (nSPS) is 14.7. The first kappa shape index (κ1) is 18.9. The van der Waals surface area contributed by atoms with Gasteiger partial charge in [0.25, 0.3) is 0 Å². The number of carbonyl (C=O) groups is 1. The highest BCUT2D eigenvalue weighted by Gasteiger charge is 2.33. The molecule has 124 valence electrons. The van der Waals surface area contributed by atoms with Crippen LogP contribution in [0.5, 0.6) is 0 Å². The highest BCUT2D eigenvalue weighted by molar-refractivity contribution is 7.90. The maximum atomic E-state index is 12.5. The summed E-state index contributed by atoms with van der Waals surface area (Å²) in [5.41, 5.74) is 0.701. The van der Waals surface area contributed by atoms with Gasteiger partial charge in [-0.1, -0.05) is 43.6 Å². The molecule has 0 aromatic heterocycles. The molecule has 0 radical (unpaired) electrons. The fourth-order valence-corrected chi connectivity index (χ4v) is 3.75. The molecule has 1 amide bonds. The molecule has 1 aromatic carbocycles. The molecule has 0 spiro atoms. The van der Waals surface area contributed by atoms with Crippen molar-refractivity contribution >= 4 is 27.5 Å². The molecule has 0 saturated carbocycles. The predicted octanol–water partition coefficient (Wildman–Crippen LogP) is 2.43. The van der Waals surface area contributed by atoms with E-state index in [4.69, 9.17) is 11.6 Å². The van der Waals surface area contributed by atoms with E-state index in [1.807, 2.05) is 13.8 Å². The van der Waals surface area contributed by atoms with Crippen molar-refractivity contribution in [3.63, 3.8) is 0 Å². The third-order valence-corrected chi connectivity index (χ3v) is 5.51. The molecule has 0 heterocycles. The molecule has 0 aliphatic rings. The Kier molecular flexibility index (Phi) is 6.40. The maximum absolute atomic E-state index is 12.5.